The van der Waals surface area contributed by atoms with E-state index in [1.54, 1.807) is 0 Å². The lowest BCUT2D eigenvalue weighted by atomic mass is 10.0. The zero-order valence-corrected chi connectivity index (χ0v) is 9.29. The van der Waals surface area contributed by atoms with Gasteiger partial charge in [0, 0.05) is 0 Å². The molecule has 94 valence electrons. The van der Waals surface area contributed by atoms with Gasteiger partial charge in [-0.25, -0.2) is 4.79 Å². The number of benzene rings is 1. The van der Waals surface area contributed by atoms with Gasteiger partial charge in [0.1, 0.15) is 17.6 Å². The number of aliphatic hydroxyl groups is 2. The number of hydrogen-bond donors (Lipinski definition) is 5. The quantitative estimate of drug-likeness (QED) is 0.502. The van der Waals surface area contributed by atoms with Gasteiger partial charge in [-0.3, -0.25) is 0 Å². The third-order valence-corrected chi connectivity index (χ3v) is 2.52. The second-order valence-corrected chi connectivity index (χ2v) is 3.71. The van der Waals surface area contributed by atoms with Crippen molar-refractivity contribution >= 4 is 17.6 Å². The fourth-order valence-electron chi connectivity index (χ4n) is 1.33. The zero-order chi connectivity index (χ0) is 13.2. The summed E-state index contributed by atoms with van der Waals surface area (Å²) in [5, 5.41) is 46.5. The number of phenolic OH excluding ortho intramolecular Hbond substituents is 2. The molecule has 0 amide bonds. The molecule has 2 unspecified atom stereocenters. The number of alkyl halides is 1. The molecule has 6 nitrogen and oxygen atoms in total. The zero-order valence-electron chi connectivity index (χ0n) is 8.54. The Morgan fingerprint density at radius 2 is 1.71 bits per heavy atom. The summed E-state index contributed by atoms with van der Waals surface area (Å²) in [6.45, 7) is 0. The minimum Gasteiger partial charge on any atom is -0.507 e. The van der Waals surface area contributed by atoms with Crippen molar-refractivity contribution in [3.8, 4) is 11.5 Å². The number of carboxylic acid groups (broad SMARTS) is 1. The Morgan fingerprint density at radius 1 is 1.24 bits per heavy atom. The number of phenols is 2. The molecule has 1 aromatic carbocycles. The average molecular weight is 263 g/mol. The molecular weight excluding hydrogens is 252 g/mol. The van der Waals surface area contributed by atoms with Crippen molar-refractivity contribution in [1.29, 1.82) is 0 Å². The van der Waals surface area contributed by atoms with Crippen molar-refractivity contribution in [2.24, 2.45) is 0 Å². The molecule has 0 radical (unpaired) electrons. The summed E-state index contributed by atoms with van der Waals surface area (Å²) in [6, 6.07) is 1.73. The fourth-order valence-corrected chi connectivity index (χ4v) is 1.50. The van der Waals surface area contributed by atoms with E-state index in [1.807, 2.05) is 0 Å². The third-order valence-electron chi connectivity index (χ3n) is 2.20. The van der Waals surface area contributed by atoms with Gasteiger partial charge in [-0.1, -0.05) is 0 Å². The Kier molecular flexibility index (Phi) is 4.17. The number of halogens is 1. The first-order valence-corrected chi connectivity index (χ1v) is 5.13. The van der Waals surface area contributed by atoms with Crippen LogP contribution in [-0.4, -0.2) is 43.5 Å². The maximum atomic E-state index is 10.6. The van der Waals surface area contributed by atoms with Gasteiger partial charge in [-0.15, -0.1) is 11.6 Å². The lowest BCUT2D eigenvalue weighted by Gasteiger charge is -2.18. The molecule has 1 rings (SSSR count). The summed E-state index contributed by atoms with van der Waals surface area (Å²) in [7, 11) is 0. The van der Waals surface area contributed by atoms with Gasteiger partial charge in [0.25, 0.3) is 0 Å². The van der Waals surface area contributed by atoms with Crippen LogP contribution in [0.1, 0.15) is 22.0 Å². The molecule has 0 fully saturated rings. The highest BCUT2D eigenvalue weighted by molar-refractivity contribution is 6.18. The first kappa shape index (κ1) is 13.6. The first-order chi connectivity index (χ1) is 7.88. The number of carboxylic acids is 1. The molecule has 0 bridgehead atoms. The fraction of sp³-hybridized carbons (Fsp3) is 0.300. The highest BCUT2D eigenvalue weighted by atomic mass is 35.5. The van der Waals surface area contributed by atoms with Crippen LogP contribution in [0, 0.1) is 0 Å². The molecule has 2 atom stereocenters. The van der Waals surface area contributed by atoms with Crippen molar-refractivity contribution in [2.45, 2.75) is 12.2 Å². The number of aromatic carboxylic acids is 1. The van der Waals surface area contributed by atoms with Crippen LogP contribution in [0.3, 0.4) is 0 Å². The molecule has 0 aromatic heterocycles. The van der Waals surface area contributed by atoms with Crippen molar-refractivity contribution < 1.29 is 30.3 Å². The van der Waals surface area contributed by atoms with E-state index >= 15 is 0 Å². The van der Waals surface area contributed by atoms with Crippen LogP contribution in [0.2, 0.25) is 0 Å². The molecule has 7 heteroatoms. The molecule has 0 saturated carbocycles. The molecule has 0 aliphatic rings. The summed E-state index contributed by atoms with van der Waals surface area (Å²) < 4.78 is 0. The number of rotatable bonds is 4. The summed E-state index contributed by atoms with van der Waals surface area (Å²) >= 11 is 5.32. The number of aliphatic hydroxyl groups excluding tert-OH is 2. The molecule has 0 heterocycles. The number of hydrogen-bond acceptors (Lipinski definition) is 5. The van der Waals surface area contributed by atoms with E-state index in [1.165, 1.54) is 0 Å². The standard InChI is InChI=1S/C10H11ClO6/c11-3-7(14)9(15)8-5(12)1-4(10(16)17)2-6(8)13/h1-2,7,9,12-15H,3H2,(H,16,17). The molecule has 0 saturated heterocycles. The van der Waals surface area contributed by atoms with E-state index in [0.29, 0.717) is 0 Å². The molecule has 0 aliphatic heterocycles. The van der Waals surface area contributed by atoms with E-state index in [2.05, 4.69) is 0 Å². The van der Waals surface area contributed by atoms with Crippen molar-refractivity contribution in [2.75, 3.05) is 5.88 Å². The van der Waals surface area contributed by atoms with Crippen LogP contribution in [0.25, 0.3) is 0 Å². The highest BCUT2D eigenvalue weighted by Crippen LogP contribution is 2.35. The summed E-state index contributed by atoms with van der Waals surface area (Å²) in [6.07, 6.45) is -2.99. The minimum atomic E-state index is -1.60. The summed E-state index contributed by atoms with van der Waals surface area (Å²) in [5.74, 6) is -2.89. The van der Waals surface area contributed by atoms with Crippen LogP contribution in [0.4, 0.5) is 0 Å². The lowest BCUT2D eigenvalue weighted by molar-refractivity contribution is 0.0297. The van der Waals surface area contributed by atoms with E-state index in [9.17, 15) is 25.2 Å². The van der Waals surface area contributed by atoms with Gasteiger partial charge in [-0.05, 0) is 12.1 Å². The van der Waals surface area contributed by atoms with E-state index in [-0.39, 0.29) is 17.0 Å². The van der Waals surface area contributed by atoms with Crippen LogP contribution < -0.4 is 0 Å². The van der Waals surface area contributed by atoms with E-state index < -0.39 is 29.7 Å². The SMILES string of the molecule is O=C(O)c1cc(O)c(C(O)C(O)CCl)c(O)c1. The van der Waals surface area contributed by atoms with Crippen LogP contribution in [0.5, 0.6) is 11.5 Å². The summed E-state index contributed by atoms with van der Waals surface area (Å²) in [4.78, 5) is 10.6. The van der Waals surface area contributed by atoms with Crippen LogP contribution >= 0.6 is 11.6 Å². The largest absolute Gasteiger partial charge is 0.507 e. The smallest absolute Gasteiger partial charge is 0.335 e. The Morgan fingerprint density at radius 3 is 2.06 bits per heavy atom. The van der Waals surface area contributed by atoms with E-state index in [0.717, 1.165) is 12.1 Å². The van der Waals surface area contributed by atoms with Gasteiger partial charge >= 0.3 is 5.97 Å². The molecule has 0 aliphatic carbocycles. The van der Waals surface area contributed by atoms with Gasteiger partial charge < -0.3 is 25.5 Å². The predicted molar refractivity (Wildman–Crippen MR) is 58.4 cm³/mol. The molecule has 17 heavy (non-hydrogen) atoms. The second kappa shape index (κ2) is 5.22. The highest BCUT2D eigenvalue weighted by Gasteiger charge is 2.25. The molecular formula is C10H11ClO6. The van der Waals surface area contributed by atoms with E-state index in [4.69, 9.17) is 16.7 Å². The van der Waals surface area contributed by atoms with Gasteiger partial charge in [-0.2, -0.15) is 0 Å². The van der Waals surface area contributed by atoms with Gasteiger partial charge in [0.15, 0.2) is 0 Å². The third kappa shape index (κ3) is 2.79. The van der Waals surface area contributed by atoms with Crippen LogP contribution in [0.15, 0.2) is 12.1 Å². The summed E-state index contributed by atoms with van der Waals surface area (Å²) in [5.41, 5.74) is -0.695. The van der Waals surface area contributed by atoms with Crippen molar-refractivity contribution in [1.82, 2.24) is 0 Å². The average Bonchev–Trinajstić information content (AvgIpc) is 2.26. The molecule has 0 spiro atoms. The van der Waals surface area contributed by atoms with Gasteiger partial charge in [0.2, 0.25) is 0 Å². The van der Waals surface area contributed by atoms with Crippen LogP contribution in [-0.2, 0) is 0 Å². The van der Waals surface area contributed by atoms with Crippen molar-refractivity contribution in [3.05, 3.63) is 23.3 Å². The maximum absolute atomic E-state index is 10.6. The normalized spacial score (nSPS) is 14.3. The number of carbonyl (C=O) groups is 1. The Hall–Kier alpha value is -1.50. The monoisotopic (exact) mass is 262 g/mol. The maximum Gasteiger partial charge on any atom is 0.335 e. The Balaban J connectivity index is 3.22. The topological polar surface area (TPSA) is 118 Å². The minimum absolute atomic E-state index is 0.305. The lowest BCUT2D eigenvalue weighted by Crippen LogP contribution is -2.20. The Labute approximate surface area is 101 Å². The molecule has 5 N–H and O–H groups in total. The van der Waals surface area contributed by atoms with Gasteiger partial charge in [0.05, 0.1) is 23.1 Å². The molecule has 1 aromatic rings. The second-order valence-electron chi connectivity index (χ2n) is 3.40. The Bertz CT molecular complexity index is 410. The first-order valence-electron chi connectivity index (χ1n) is 4.59. The number of aromatic hydroxyl groups is 2. The predicted octanol–water partition coefficient (Wildman–Crippen LogP) is 0.429. The van der Waals surface area contributed by atoms with Crippen molar-refractivity contribution in [3.63, 3.8) is 0 Å².